The van der Waals surface area contributed by atoms with E-state index in [1.54, 1.807) is 18.2 Å². The van der Waals surface area contributed by atoms with Crippen LogP contribution in [0.1, 0.15) is 11.3 Å². The molecule has 0 fully saturated rings. The zero-order valence-electron chi connectivity index (χ0n) is 13.0. The topological polar surface area (TPSA) is 51.8 Å². The summed E-state index contributed by atoms with van der Waals surface area (Å²) in [4.78, 5) is 16.9. The predicted octanol–water partition coefficient (Wildman–Crippen LogP) is 4.94. The minimum Gasteiger partial charge on any atom is -0.457 e. The fourth-order valence-electron chi connectivity index (χ4n) is 2.58. The lowest BCUT2D eigenvalue weighted by Crippen LogP contribution is -2.06. The van der Waals surface area contributed by atoms with Crippen LogP contribution in [0.5, 0.6) is 0 Å². The largest absolute Gasteiger partial charge is 0.457 e. The molecule has 25 heavy (non-hydrogen) atoms. The molecule has 0 spiro atoms. The second-order valence-electron chi connectivity index (χ2n) is 5.46. The normalized spacial score (nSPS) is 15.3. The molecule has 1 aliphatic heterocycles. The third-order valence-corrected chi connectivity index (χ3v) is 4.00. The Hall–Kier alpha value is -3.11. The molecular weight excluding hydrogens is 338 g/mol. The first kappa shape index (κ1) is 15.4. The highest BCUT2D eigenvalue weighted by Gasteiger charge is 2.27. The molecule has 0 N–H and O–H groups in total. The SMILES string of the molecule is O=C1ON=C(c2ccccc2)/C1=C/c1ccc(-c2cccc(Cl)c2)o1. The van der Waals surface area contributed by atoms with Gasteiger partial charge in [-0.25, -0.2) is 4.79 Å². The summed E-state index contributed by atoms with van der Waals surface area (Å²) in [6, 6.07) is 20.4. The Bertz CT molecular complexity index is 1000. The van der Waals surface area contributed by atoms with E-state index in [4.69, 9.17) is 20.9 Å². The second kappa shape index (κ2) is 6.42. The van der Waals surface area contributed by atoms with Crippen LogP contribution in [0.3, 0.4) is 0 Å². The Balaban J connectivity index is 1.68. The van der Waals surface area contributed by atoms with Gasteiger partial charge in [-0.2, -0.15) is 0 Å². The van der Waals surface area contributed by atoms with E-state index in [0.29, 0.717) is 27.8 Å². The van der Waals surface area contributed by atoms with E-state index in [2.05, 4.69) is 5.16 Å². The molecule has 4 nitrogen and oxygen atoms in total. The van der Waals surface area contributed by atoms with Gasteiger partial charge in [0.15, 0.2) is 0 Å². The van der Waals surface area contributed by atoms with Crippen LogP contribution in [0.4, 0.5) is 0 Å². The molecule has 0 unspecified atom stereocenters. The Morgan fingerprint density at radius 1 is 0.920 bits per heavy atom. The van der Waals surface area contributed by atoms with E-state index in [-0.39, 0.29) is 0 Å². The fraction of sp³-hybridized carbons (Fsp3) is 0. The highest BCUT2D eigenvalue weighted by Crippen LogP contribution is 2.27. The van der Waals surface area contributed by atoms with Gasteiger partial charge in [-0.15, -0.1) is 0 Å². The standard InChI is InChI=1S/C20H12ClNO3/c21-15-8-4-7-14(11-15)18-10-9-16(24-18)12-17-19(22-25-20(17)23)13-5-2-1-3-6-13/h1-12H/b17-12-. The number of hydrogen-bond acceptors (Lipinski definition) is 4. The molecule has 0 aliphatic carbocycles. The van der Waals surface area contributed by atoms with Crippen molar-refractivity contribution >= 4 is 29.4 Å². The van der Waals surface area contributed by atoms with Gasteiger partial charge in [0.25, 0.3) is 0 Å². The summed E-state index contributed by atoms with van der Waals surface area (Å²) in [5, 5.41) is 4.51. The Kier molecular flexibility index (Phi) is 3.96. The van der Waals surface area contributed by atoms with Crippen LogP contribution in [0.15, 0.2) is 81.9 Å². The average molecular weight is 350 g/mol. The highest BCUT2D eigenvalue weighted by atomic mass is 35.5. The minimum atomic E-state index is -0.500. The second-order valence-corrected chi connectivity index (χ2v) is 5.89. The molecule has 122 valence electrons. The predicted molar refractivity (Wildman–Crippen MR) is 96.2 cm³/mol. The van der Waals surface area contributed by atoms with Crippen molar-refractivity contribution in [2.45, 2.75) is 0 Å². The molecular formula is C20H12ClNO3. The summed E-state index contributed by atoms with van der Waals surface area (Å²) in [5.74, 6) is 0.700. The van der Waals surface area contributed by atoms with Gasteiger partial charge >= 0.3 is 5.97 Å². The maximum absolute atomic E-state index is 12.0. The lowest BCUT2D eigenvalue weighted by Gasteiger charge is -1.99. The summed E-state index contributed by atoms with van der Waals surface area (Å²) in [5.41, 5.74) is 2.52. The van der Waals surface area contributed by atoms with Crippen molar-refractivity contribution in [1.82, 2.24) is 0 Å². The molecule has 0 bridgehead atoms. The van der Waals surface area contributed by atoms with Crippen molar-refractivity contribution in [3.05, 3.63) is 88.6 Å². The number of carbonyl (C=O) groups is 1. The first-order valence-electron chi connectivity index (χ1n) is 7.63. The lowest BCUT2D eigenvalue weighted by atomic mass is 10.0. The number of hydrogen-bond donors (Lipinski definition) is 0. The molecule has 2 aromatic carbocycles. The van der Waals surface area contributed by atoms with Gasteiger partial charge in [0.2, 0.25) is 0 Å². The maximum Gasteiger partial charge on any atom is 0.368 e. The van der Waals surface area contributed by atoms with E-state index in [1.807, 2.05) is 54.6 Å². The maximum atomic E-state index is 12.0. The average Bonchev–Trinajstić information content (AvgIpc) is 3.24. The molecule has 0 radical (unpaired) electrons. The number of halogens is 1. The van der Waals surface area contributed by atoms with Crippen LogP contribution in [-0.4, -0.2) is 11.7 Å². The number of nitrogens with zero attached hydrogens (tertiary/aromatic N) is 1. The van der Waals surface area contributed by atoms with Crippen LogP contribution >= 0.6 is 11.6 Å². The van der Waals surface area contributed by atoms with E-state index in [0.717, 1.165) is 11.1 Å². The van der Waals surface area contributed by atoms with Crippen LogP contribution < -0.4 is 0 Å². The van der Waals surface area contributed by atoms with Gasteiger partial charge in [-0.3, -0.25) is 0 Å². The molecule has 2 heterocycles. The van der Waals surface area contributed by atoms with Crippen molar-refractivity contribution in [2.75, 3.05) is 0 Å². The van der Waals surface area contributed by atoms with Gasteiger partial charge in [-0.05, 0) is 30.3 Å². The number of rotatable bonds is 3. The monoisotopic (exact) mass is 349 g/mol. The highest BCUT2D eigenvalue weighted by molar-refractivity contribution is 6.31. The van der Waals surface area contributed by atoms with Crippen molar-refractivity contribution in [1.29, 1.82) is 0 Å². The van der Waals surface area contributed by atoms with Gasteiger partial charge < -0.3 is 9.25 Å². The Morgan fingerprint density at radius 2 is 1.72 bits per heavy atom. The van der Waals surface area contributed by atoms with Gasteiger partial charge in [0.05, 0.1) is 5.57 Å². The van der Waals surface area contributed by atoms with E-state index in [1.165, 1.54) is 0 Å². The molecule has 4 rings (SSSR count). The summed E-state index contributed by atoms with van der Waals surface area (Å²) in [6.45, 7) is 0. The van der Waals surface area contributed by atoms with Crippen LogP contribution in [0.25, 0.3) is 17.4 Å². The lowest BCUT2D eigenvalue weighted by molar-refractivity contribution is -0.136. The number of benzene rings is 2. The van der Waals surface area contributed by atoms with E-state index >= 15 is 0 Å². The Morgan fingerprint density at radius 3 is 2.52 bits per heavy atom. The van der Waals surface area contributed by atoms with Crippen LogP contribution in [0, 0.1) is 0 Å². The van der Waals surface area contributed by atoms with Crippen molar-refractivity contribution < 1.29 is 14.0 Å². The minimum absolute atomic E-state index is 0.359. The first-order valence-corrected chi connectivity index (χ1v) is 8.01. The number of furan rings is 1. The molecule has 0 saturated carbocycles. The number of carbonyl (C=O) groups excluding carboxylic acids is 1. The number of oxime groups is 1. The van der Waals surface area contributed by atoms with Crippen molar-refractivity contribution in [3.8, 4) is 11.3 Å². The quantitative estimate of drug-likeness (QED) is 0.497. The van der Waals surface area contributed by atoms with Gasteiger partial charge in [0.1, 0.15) is 17.2 Å². The van der Waals surface area contributed by atoms with Crippen LogP contribution in [0.2, 0.25) is 5.02 Å². The zero-order chi connectivity index (χ0) is 17.2. The summed E-state index contributed by atoms with van der Waals surface area (Å²) >= 11 is 6.01. The molecule has 0 amide bonds. The van der Waals surface area contributed by atoms with Crippen molar-refractivity contribution in [2.24, 2.45) is 5.16 Å². The van der Waals surface area contributed by atoms with E-state index < -0.39 is 5.97 Å². The smallest absolute Gasteiger partial charge is 0.368 e. The van der Waals surface area contributed by atoms with Gasteiger partial charge in [-0.1, -0.05) is 59.2 Å². The molecule has 1 aliphatic rings. The summed E-state index contributed by atoms with van der Waals surface area (Å²) in [7, 11) is 0. The zero-order valence-corrected chi connectivity index (χ0v) is 13.7. The van der Waals surface area contributed by atoms with Crippen LogP contribution in [-0.2, 0) is 9.63 Å². The third-order valence-electron chi connectivity index (χ3n) is 3.76. The Labute approximate surface area is 149 Å². The molecule has 3 aromatic rings. The molecule has 0 atom stereocenters. The fourth-order valence-corrected chi connectivity index (χ4v) is 2.77. The third kappa shape index (κ3) is 3.12. The van der Waals surface area contributed by atoms with E-state index in [9.17, 15) is 4.79 Å². The molecule has 1 aromatic heterocycles. The van der Waals surface area contributed by atoms with Crippen molar-refractivity contribution in [3.63, 3.8) is 0 Å². The summed E-state index contributed by atoms with van der Waals surface area (Å²) in [6.07, 6.45) is 1.63. The molecule has 5 heteroatoms. The molecule has 0 saturated heterocycles. The first-order chi connectivity index (χ1) is 12.2. The van der Waals surface area contributed by atoms with Gasteiger partial charge in [0, 0.05) is 16.1 Å². The summed E-state index contributed by atoms with van der Waals surface area (Å²) < 4.78 is 5.82.